The number of pyridine rings is 1. The van der Waals surface area contributed by atoms with Crippen LogP contribution >= 0.6 is 0 Å². The molecule has 7 nitrogen and oxygen atoms in total. The van der Waals surface area contributed by atoms with Crippen LogP contribution in [0.25, 0.3) is 27.7 Å². The van der Waals surface area contributed by atoms with Crippen molar-refractivity contribution in [3.8, 4) is 11.3 Å². The highest BCUT2D eigenvalue weighted by Gasteiger charge is 2.31. The fourth-order valence-electron chi connectivity index (χ4n) is 5.82. The highest BCUT2D eigenvalue weighted by molar-refractivity contribution is 5.94. The quantitative estimate of drug-likeness (QED) is 0.396. The fraction of sp³-hybridized carbons (Fsp3) is 0.290. The second-order valence-electron chi connectivity index (χ2n) is 10.7. The Bertz CT molecular complexity index is 1700. The van der Waals surface area contributed by atoms with Gasteiger partial charge < -0.3 is 19.8 Å². The third-order valence-electron chi connectivity index (χ3n) is 7.95. The van der Waals surface area contributed by atoms with Crippen LogP contribution in [0.15, 0.2) is 65.7 Å². The molecular weight excluding hydrogens is 512 g/mol. The third-order valence-corrected chi connectivity index (χ3v) is 7.95. The van der Waals surface area contributed by atoms with Crippen molar-refractivity contribution >= 4 is 22.4 Å². The molecule has 0 radical (unpaired) electrons. The zero-order valence-corrected chi connectivity index (χ0v) is 22.5. The van der Waals surface area contributed by atoms with Crippen molar-refractivity contribution in [2.24, 2.45) is 7.05 Å². The van der Waals surface area contributed by atoms with E-state index in [1.165, 1.54) is 22.3 Å². The van der Waals surface area contributed by atoms with Gasteiger partial charge in [0, 0.05) is 94.3 Å². The first kappa shape index (κ1) is 26.2. The topological polar surface area (TPSA) is 73.4 Å². The number of aryl methyl sites for hydroxylation is 1. The molecule has 1 unspecified atom stereocenters. The predicted octanol–water partition coefficient (Wildman–Crippen LogP) is 4.20. The maximum absolute atomic E-state index is 14.7. The molecule has 6 rings (SSSR count). The van der Waals surface area contributed by atoms with Gasteiger partial charge in [0.05, 0.1) is 0 Å². The fourth-order valence-corrected chi connectivity index (χ4v) is 5.82. The Morgan fingerprint density at radius 1 is 1.00 bits per heavy atom. The number of aromatic amines is 1. The molecule has 4 aromatic rings. The first-order chi connectivity index (χ1) is 19.3. The van der Waals surface area contributed by atoms with Crippen molar-refractivity contribution in [1.82, 2.24) is 24.7 Å². The van der Waals surface area contributed by atoms with Gasteiger partial charge in [-0.05, 0) is 40.5 Å². The smallest absolute Gasteiger partial charge is 0.274 e. The molecule has 0 saturated carbocycles. The molecule has 2 aromatic heterocycles. The molecule has 2 aliphatic rings. The molecule has 2 aromatic carbocycles. The minimum absolute atomic E-state index is 0.0342. The largest absolute Gasteiger partial charge is 0.350 e. The molecule has 0 bridgehead atoms. The van der Waals surface area contributed by atoms with E-state index in [1.807, 2.05) is 12.3 Å². The van der Waals surface area contributed by atoms with Crippen molar-refractivity contribution in [2.75, 3.05) is 33.2 Å². The summed E-state index contributed by atoms with van der Waals surface area (Å²) in [4.78, 5) is 33.2. The first-order valence-corrected chi connectivity index (χ1v) is 13.5. The summed E-state index contributed by atoms with van der Waals surface area (Å²) in [5.74, 6) is -1.75. The van der Waals surface area contributed by atoms with Gasteiger partial charge in [0.25, 0.3) is 5.56 Å². The van der Waals surface area contributed by atoms with Crippen LogP contribution in [0, 0.1) is 11.6 Å². The Hall–Kier alpha value is -4.08. The molecule has 1 atom stereocenters. The van der Waals surface area contributed by atoms with Gasteiger partial charge >= 0.3 is 0 Å². The van der Waals surface area contributed by atoms with Crippen LogP contribution in [-0.4, -0.2) is 58.5 Å². The number of carbonyl (C=O) groups excluding carboxylic acids is 1. The number of fused-ring (bicyclic) bond motifs is 1. The zero-order valence-electron chi connectivity index (χ0n) is 22.5. The number of nitrogens with zero attached hydrogens (tertiary/aromatic N) is 3. The van der Waals surface area contributed by atoms with Crippen molar-refractivity contribution in [2.45, 2.75) is 18.9 Å². The van der Waals surface area contributed by atoms with Crippen LogP contribution in [0.3, 0.4) is 0 Å². The Kier molecular flexibility index (Phi) is 6.85. The Balaban J connectivity index is 1.45. The van der Waals surface area contributed by atoms with Gasteiger partial charge in [-0.2, -0.15) is 0 Å². The number of halogens is 2. The lowest BCUT2D eigenvalue weighted by molar-refractivity contribution is -0.128. The first-order valence-electron chi connectivity index (χ1n) is 13.5. The molecule has 1 saturated heterocycles. The van der Waals surface area contributed by atoms with E-state index in [2.05, 4.69) is 33.4 Å². The number of hydrogen-bond donors (Lipinski definition) is 2. The van der Waals surface area contributed by atoms with Crippen molar-refractivity contribution in [3.63, 3.8) is 0 Å². The van der Waals surface area contributed by atoms with Crippen molar-refractivity contribution < 1.29 is 13.6 Å². The highest BCUT2D eigenvalue weighted by Crippen LogP contribution is 2.42. The molecule has 0 aliphatic carbocycles. The molecule has 0 spiro atoms. The van der Waals surface area contributed by atoms with E-state index in [0.29, 0.717) is 16.6 Å². The Labute approximate surface area is 230 Å². The maximum Gasteiger partial charge on any atom is 0.274 e. The third kappa shape index (κ3) is 4.87. The second-order valence-corrected chi connectivity index (χ2v) is 10.7. The maximum atomic E-state index is 14.7. The molecule has 40 heavy (non-hydrogen) atoms. The second kappa shape index (κ2) is 10.5. The highest BCUT2D eigenvalue weighted by atomic mass is 19.1. The summed E-state index contributed by atoms with van der Waals surface area (Å²) in [5, 5.41) is 4.00. The van der Waals surface area contributed by atoms with Crippen LogP contribution in [-0.2, 0) is 18.4 Å². The van der Waals surface area contributed by atoms with E-state index >= 15 is 0 Å². The van der Waals surface area contributed by atoms with Crippen LogP contribution < -0.4 is 10.9 Å². The summed E-state index contributed by atoms with van der Waals surface area (Å²) in [5.41, 5.74) is 4.56. The summed E-state index contributed by atoms with van der Waals surface area (Å²) in [6.45, 7) is 4.78. The normalized spacial score (nSPS) is 18.4. The number of nitrogens with one attached hydrogen (secondary N) is 2. The Morgan fingerprint density at radius 2 is 1.80 bits per heavy atom. The number of carbonyl (C=O) groups is 1. The molecule has 206 valence electrons. The van der Waals surface area contributed by atoms with Gasteiger partial charge in [0.15, 0.2) is 0 Å². The summed E-state index contributed by atoms with van der Waals surface area (Å²) < 4.78 is 29.7. The summed E-state index contributed by atoms with van der Waals surface area (Å²) in [7, 11) is 3.42. The van der Waals surface area contributed by atoms with E-state index in [4.69, 9.17) is 0 Å². The SMILES string of the molecule is CN1C=C(c2cccc(CN3CCNCC3)c2)C(c2cn(C)c(=O)c3[nH]c(-c4ccc(F)cc4F)cc23)CC1=O. The lowest BCUT2D eigenvalue weighted by atomic mass is 9.81. The average molecular weight is 544 g/mol. The molecule has 2 aliphatic heterocycles. The summed E-state index contributed by atoms with van der Waals surface area (Å²) >= 11 is 0. The minimum Gasteiger partial charge on any atom is -0.350 e. The lowest BCUT2D eigenvalue weighted by Crippen LogP contribution is -2.42. The van der Waals surface area contributed by atoms with Crippen LogP contribution in [0.1, 0.15) is 29.0 Å². The molecule has 2 N–H and O–H groups in total. The summed E-state index contributed by atoms with van der Waals surface area (Å²) in [6.07, 6.45) is 3.87. The number of aromatic nitrogens is 2. The number of piperazine rings is 1. The van der Waals surface area contributed by atoms with Gasteiger partial charge in [-0.1, -0.05) is 24.3 Å². The molecule has 1 fully saturated rings. The molecule has 9 heteroatoms. The van der Waals surface area contributed by atoms with Gasteiger partial charge in [-0.3, -0.25) is 14.5 Å². The van der Waals surface area contributed by atoms with Gasteiger partial charge in [-0.15, -0.1) is 0 Å². The zero-order chi connectivity index (χ0) is 28.0. The molecule has 1 amide bonds. The van der Waals surface area contributed by atoms with E-state index in [1.54, 1.807) is 31.3 Å². The van der Waals surface area contributed by atoms with E-state index in [9.17, 15) is 18.4 Å². The number of allylic oxidation sites excluding steroid dienone is 1. The number of rotatable bonds is 5. The van der Waals surface area contributed by atoms with E-state index < -0.39 is 11.6 Å². The molecular formula is C31H31F2N5O2. The monoisotopic (exact) mass is 543 g/mol. The number of amides is 1. The number of H-pyrrole nitrogens is 1. The van der Waals surface area contributed by atoms with Gasteiger partial charge in [0.2, 0.25) is 5.91 Å². The average Bonchev–Trinajstić information content (AvgIpc) is 3.38. The Morgan fingerprint density at radius 3 is 2.58 bits per heavy atom. The van der Waals surface area contributed by atoms with Gasteiger partial charge in [-0.25, -0.2) is 8.78 Å². The number of hydrogen-bond acceptors (Lipinski definition) is 4. The minimum atomic E-state index is -0.721. The van der Waals surface area contributed by atoms with E-state index in [-0.39, 0.29) is 29.4 Å². The van der Waals surface area contributed by atoms with Crippen LogP contribution in [0.4, 0.5) is 8.78 Å². The van der Waals surface area contributed by atoms with E-state index in [0.717, 1.165) is 55.5 Å². The van der Waals surface area contributed by atoms with Crippen LogP contribution in [0.5, 0.6) is 0 Å². The summed E-state index contributed by atoms with van der Waals surface area (Å²) in [6, 6.07) is 13.5. The molecule has 4 heterocycles. The van der Waals surface area contributed by atoms with Crippen molar-refractivity contribution in [1.29, 1.82) is 0 Å². The standard InChI is InChI=1S/C31H31F2N5O2/c1-36-17-25(20-5-3-4-19(12-20)16-38-10-8-34-9-11-38)23(15-29(36)39)26-18-37(2)31(40)30-24(26)14-28(35-30)22-7-6-21(32)13-27(22)33/h3-7,12-14,17-18,23,34-35H,8-11,15-16H2,1-2H3. The predicted molar refractivity (Wildman–Crippen MR) is 152 cm³/mol. The van der Waals surface area contributed by atoms with Crippen molar-refractivity contribution in [3.05, 3.63) is 99.6 Å². The number of benzene rings is 2. The lowest BCUT2D eigenvalue weighted by Gasteiger charge is -2.30. The van der Waals surface area contributed by atoms with Crippen LogP contribution in [0.2, 0.25) is 0 Å². The van der Waals surface area contributed by atoms with Gasteiger partial charge in [0.1, 0.15) is 17.2 Å².